The zero-order valence-electron chi connectivity index (χ0n) is 11.7. The first kappa shape index (κ1) is 20.9. The van der Waals surface area contributed by atoms with Crippen LogP contribution >= 0.6 is 36.2 Å². The van der Waals surface area contributed by atoms with Gasteiger partial charge in [0, 0.05) is 23.4 Å². The molecule has 0 radical (unpaired) electrons. The standard InChI is InChI=1S/C12H21N3OS.2ClH/c1-8(6-13)14-10(16)5-9-7-17-11(15-9)12(2,3)4;;/h7-8H,5-6,13H2,1-4H3,(H,14,16);2*1H/t8-;;/m0../s1. The van der Waals surface area contributed by atoms with Gasteiger partial charge >= 0.3 is 0 Å². The van der Waals surface area contributed by atoms with Crippen molar-refractivity contribution in [1.82, 2.24) is 10.3 Å². The number of halogens is 2. The minimum atomic E-state index is -0.0197. The molecule has 1 rings (SSSR count). The summed E-state index contributed by atoms with van der Waals surface area (Å²) in [6.07, 6.45) is 0.330. The maximum absolute atomic E-state index is 11.6. The first-order valence-electron chi connectivity index (χ1n) is 5.77. The van der Waals surface area contributed by atoms with Gasteiger partial charge in [-0.2, -0.15) is 0 Å². The molecule has 0 saturated carbocycles. The molecule has 0 aliphatic rings. The van der Waals surface area contributed by atoms with Gasteiger partial charge in [-0.3, -0.25) is 4.79 Å². The first-order valence-corrected chi connectivity index (χ1v) is 6.65. The summed E-state index contributed by atoms with van der Waals surface area (Å²) in [4.78, 5) is 16.1. The second kappa shape index (κ2) is 8.74. The van der Waals surface area contributed by atoms with Gasteiger partial charge in [0.05, 0.1) is 17.1 Å². The summed E-state index contributed by atoms with van der Waals surface area (Å²) < 4.78 is 0. The molecule has 1 aromatic rings. The molecule has 3 N–H and O–H groups in total. The van der Waals surface area contributed by atoms with Crippen LogP contribution in [0.5, 0.6) is 0 Å². The van der Waals surface area contributed by atoms with Gasteiger partial charge in [0.2, 0.25) is 5.91 Å². The van der Waals surface area contributed by atoms with Crippen LogP contribution < -0.4 is 11.1 Å². The van der Waals surface area contributed by atoms with E-state index in [1.807, 2.05) is 12.3 Å². The van der Waals surface area contributed by atoms with Crippen LogP contribution in [0.1, 0.15) is 38.4 Å². The second-order valence-corrected chi connectivity index (χ2v) is 6.13. The van der Waals surface area contributed by atoms with Crippen molar-refractivity contribution in [3.8, 4) is 0 Å². The van der Waals surface area contributed by atoms with Crippen molar-refractivity contribution in [2.45, 2.75) is 45.6 Å². The summed E-state index contributed by atoms with van der Waals surface area (Å²) in [5.41, 5.74) is 6.33. The maximum Gasteiger partial charge on any atom is 0.226 e. The van der Waals surface area contributed by atoms with Crippen LogP contribution in [-0.4, -0.2) is 23.5 Å². The topological polar surface area (TPSA) is 68.0 Å². The van der Waals surface area contributed by atoms with E-state index in [1.54, 1.807) is 11.3 Å². The van der Waals surface area contributed by atoms with Crippen LogP contribution in [0.15, 0.2) is 5.38 Å². The summed E-state index contributed by atoms with van der Waals surface area (Å²) in [6, 6.07) is 0.0169. The van der Waals surface area contributed by atoms with E-state index in [1.165, 1.54) is 0 Å². The summed E-state index contributed by atoms with van der Waals surface area (Å²) in [5.74, 6) is -0.0197. The van der Waals surface area contributed by atoms with Crippen LogP contribution in [-0.2, 0) is 16.6 Å². The number of nitrogens with two attached hydrogens (primary N) is 1. The number of hydrogen-bond acceptors (Lipinski definition) is 4. The SMILES string of the molecule is C[C@@H](CN)NC(=O)Cc1csc(C(C)(C)C)n1.Cl.Cl. The third-order valence-corrected chi connectivity index (χ3v) is 3.61. The van der Waals surface area contributed by atoms with Crippen LogP contribution in [0.2, 0.25) is 0 Å². The van der Waals surface area contributed by atoms with E-state index in [2.05, 4.69) is 31.1 Å². The normalized spacial score (nSPS) is 12.1. The predicted molar refractivity (Wildman–Crippen MR) is 85.7 cm³/mol. The van der Waals surface area contributed by atoms with E-state index < -0.39 is 0 Å². The van der Waals surface area contributed by atoms with E-state index in [0.717, 1.165) is 10.7 Å². The molecule has 0 saturated heterocycles. The smallest absolute Gasteiger partial charge is 0.226 e. The van der Waals surface area contributed by atoms with E-state index in [9.17, 15) is 4.79 Å². The molecule has 1 amide bonds. The monoisotopic (exact) mass is 327 g/mol. The van der Waals surface area contributed by atoms with E-state index >= 15 is 0 Å². The Balaban J connectivity index is 0. The number of thiazole rings is 1. The van der Waals surface area contributed by atoms with Crippen LogP contribution in [0.25, 0.3) is 0 Å². The molecule has 19 heavy (non-hydrogen) atoms. The maximum atomic E-state index is 11.6. The molecule has 0 fully saturated rings. The minimum Gasteiger partial charge on any atom is -0.352 e. The van der Waals surface area contributed by atoms with Crippen molar-refractivity contribution in [3.63, 3.8) is 0 Å². The van der Waals surface area contributed by atoms with Gasteiger partial charge in [0.25, 0.3) is 0 Å². The van der Waals surface area contributed by atoms with Crippen molar-refractivity contribution in [1.29, 1.82) is 0 Å². The fourth-order valence-corrected chi connectivity index (χ4v) is 2.19. The highest BCUT2D eigenvalue weighted by atomic mass is 35.5. The summed E-state index contributed by atoms with van der Waals surface area (Å²) >= 11 is 1.61. The van der Waals surface area contributed by atoms with Crippen LogP contribution in [0.3, 0.4) is 0 Å². The molecule has 7 heteroatoms. The number of nitrogens with zero attached hydrogens (tertiary/aromatic N) is 1. The van der Waals surface area contributed by atoms with E-state index in [0.29, 0.717) is 13.0 Å². The van der Waals surface area contributed by atoms with Crippen LogP contribution in [0.4, 0.5) is 0 Å². The number of carbonyl (C=O) groups is 1. The molecule has 0 aromatic carbocycles. The van der Waals surface area contributed by atoms with Gasteiger partial charge in [-0.05, 0) is 6.92 Å². The molecular weight excluding hydrogens is 305 g/mol. The number of rotatable bonds is 4. The Morgan fingerprint density at radius 2 is 2.05 bits per heavy atom. The largest absolute Gasteiger partial charge is 0.352 e. The molecule has 0 unspecified atom stereocenters. The number of carbonyl (C=O) groups excluding carboxylic acids is 1. The van der Waals surface area contributed by atoms with Crippen molar-refractivity contribution in [2.24, 2.45) is 5.73 Å². The van der Waals surface area contributed by atoms with E-state index in [-0.39, 0.29) is 42.2 Å². The minimum absolute atomic E-state index is 0. The average Bonchev–Trinajstić information content (AvgIpc) is 2.65. The Morgan fingerprint density at radius 3 is 2.47 bits per heavy atom. The highest BCUT2D eigenvalue weighted by Crippen LogP contribution is 2.25. The zero-order valence-corrected chi connectivity index (χ0v) is 14.2. The van der Waals surface area contributed by atoms with Crippen molar-refractivity contribution in [2.75, 3.05) is 6.54 Å². The molecule has 4 nitrogen and oxygen atoms in total. The number of hydrogen-bond donors (Lipinski definition) is 2. The number of nitrogens with one attached hydrogen (secondary N) is 1. The molecular formula is C12H23Cl2N3OS. The number of aromatic nitrogens is 1. The number of amides is 1. The molecule has 1 atom stereocenters. The lowest BCUT2D eigenvalue weighted by atomic mass is 9.98. The molecule has 1 heterocycles. The van der Waals surface area contributed by atoms with Gasteiger partial charge in [-0.15, -0.1) is 36.2 Å². The van der Waals surface area contributed by atoms with Gasteiger partial charge in [0.15, 0.2) is 0 Å². The fraction of sp³-hybridized carbons (Fsp3) is 0.667. The molecule has 1 aromatic heterocycles. The third-order valence-electron chi connectivity index (χ3n) is 2.30. The van der Waals surface area contributed by atoms with Gasteiger partial charge in [-0.25, -0.2) is 4.98 Å². The fourth-order valence-electron chi connectivity index (χ4n) is 1.28. The highest BCUT2D eigenvalue weighted by Gasteiger charge is 2.18. The van der Waals surface area contributed by atoms with Crippen LogP contribution in [0, 0.1) is 0 Å². The summed E-state index contributed by atoms with van der Waals surface area (Å²) in [6.45, 7) is 8.69. The van der Waals surface area contributed by atoms with Crippen molar-refractivity contribution >= 4 is 42.1 Å². The molecule has 0 bridgehead atoms. The zero-order chi connectivity index (χ0) is 13.1. The molecule has 0 spiro atoms. The lowest BCUT2D eigenvalue weighted by Gasteiger charge is -2.13. The molecule has 0 aliphatic heterocycles. The van der Waals surface area contributed by atoms with Crippen molar-refractivity contribution in [3.05, 3.63) is 16.1 Å². The lowest BCUT2D eigenvalue weighted by molar-refractivity contribution is -0.121. The Morgan fingerprint density at radius 1 is 1.47 bits per heavy atom. The predicted octanol–water partition coefficient (Wildman–Crippen LogP) is 2.29. The third kappa shape index (κ3) is 7.11. The molecule has 0 aliphatic carbocycles. The average molecular weight is 328 g/mol. The Kier molecular flexibility index (Phi) is 9.64. The lowest BCUT2D eigenvalue weighted by Crippen LogP contribution is -2.38. The Hall–Kier alpha value is -0.360. The van der Waals surface area contributed by atoms with E-state index in [4.69, 9.17) is 5.73 Å². The second-order valence-electron chi connectivity index (χ2n) is 5.28. The Labute approximate surface area is 131 Å². The van der Waals surface area contributed by atoms with Crippen molar-refractivity contribution < 1.29 is 4.79 Å². The first-order chi connectivity index (χ1) is 7.82. The quantitative estimate of drug-likeness (QED) is 0.891. The summed E-state index contributed by atoms with van der Waals surface area (Å²) in [5, 5.41) is 5.84. The highest BCUT2D eigenvalue weighted by molar-refractivity contribution is 7.09. The van der Waals surface area contributed by atoms with Gasteiger partial charge < -0.3 is 11.1 Å². The Bertz CT molecular complexity index is 391. The summed E-state index contributed by atoms with van der Waals surface area (Å²) in [7, 11) is 0. The van der Waals surface area contributed by atoms with Gasteiger partial charge in [0.1, 0.15) is 0 Å². The molecule has 112 valence electrons. The van der Waals surface area contributed by atoms with Gasteiger partial charge in [-0.1, -0.05) is 20.8 Å².